The van der Waals surface area contributed by atoms with E-state index in [1.807, 2.05) is 26.0 Å². The molecule has 0 aliphatic carbocycles. The van der Waals surface area contributed by atoms with Gasteiger partial charge in [-0.3, -0.25) is 9.59 Å². The zero-order valence-corrected chi connectivity index (χ0v) is 18.8. The van der Waals surface area contributed by atoms with Crippen LogP contribution in [0.4, 0.5) is 0 Å². The summed E-state index contributed by atoms with van der Waals surface area (Å²) in [5, 5.41) is 5.75. The summed E-state index contributed by atoms with van der Waals surface area (Å²) < 4.78 is 10.5. The van der Waals surface area contributed by atoms with Gasteiger partial charge in [0.25, 0.3) is 11.8 Å². The third-order valence-electron chi connectivity index (χ3n) is 5.32. The Morgan fingerprint density at radius 1 is 1.06 bits per heavy atom. The normalized spacial score (nSPS) is 12.2. The number of ether oxygens (including phenoxy) is 1. The number of carbonyl (C=O) groups excluding carboxylic acids is 2. The summed E-state index contributed by atoms with van der Waals surface area (Å²) in [5.41, 5.74) is 3.88. The van der Waals surface area contributed by atoms with E-state index in [9.17, 15) is 9.59 Å². The van der Waals surface area contributed by atoms with Crippen molar-refractivity contribution < 1.29 is 18.7 Å². The molecule has 0 fully saturated rings. The Morgan fingerprint density at radius 2 is 1.81 bits per heavy atom. The minimum absolute atomic E-state index is 0.100. The maximum atomic E-state index is 13.2. The molecule has 6 nitrogen and oxygen atoms in total. The molecule has 1 atom stereocenters. The van der Waals surface area contributed by atoms with Crippen molar-refractivity contribution in [3.8, 4) is 5.75 Å². The molecule has 2 N–H and O–H groups in total. The van der Waals surface area contributed by atoms with E-state index in [-0.39, 0.29) is 11.7 Å². The molecule has 3 aromatic rings. The number of aryl methyl sites for hydroxylation is 2. The van der Waals surface area contributed by atoms with E-state index in [0.29, 0.717) is 23.5 Å². The third kappa shape index (κ3) is 5.66. The van der Waals surface area contributed by atoms with E-state index in [4.69, 9.17) is 9.15 Å². The highest BCUT2D eigenvalue weighted by atomic mass is 16.5. The van der Waals surface area contributed by atoms with Crippen LogP contribution in [0, 0.1) is 13.8 Å². The summed E-state index contributed by atoms with van der Waals surface area (Å²) in [6.07, 6.45) is 3.73. The second-order valence-electron chi connectivity index (χ2n) is 7.53. The monoisotopic (exact) mass is 432 g/mol. The summed E-state index contributed by atoms with van der Waals surface area (Å²) in [6.45, 7) is 6.11. The molecule has 166 valence electrons. The molecule has 0 bridgehead atoms. The Bertz CT molecular complexity index is 1100. The average Bonchev–Trinajstić information content (AvgIpc) is 3.32. The predicted molar refractivity (Wildman–Crippen MR) is 124 cm³/mol. The molecule has 2 aromatic carbocycles. The summed E-state index contributed by atoms with van der Waals surface area (Å²) >= 11 is 0. The van der Waals surface area contributed by atoms with Crippen LogP contribution in [0.25, 0.3) is 6.08 Å². The number of hydrogen-bond donors (Lipinski definition) is 2. The standard InChI is InChI=1S/C26H28N2O4/c1-5-23(20-9-8-17(2)18(3)15-20)27-26(30)24(16-22-7-6-14-32-22)28-25(29)19-10-12-21(31-4)13-11-19/h6-16,23H,5H2,1-4H3,(H,27,30)(H,28,29)/b24-16-. The van der Waals surface area contributed by atoms with Gasteiger partial charge in [0.05, 0.1) is 19.4 Å². The van der Waals surface area contributed by atoms with Crippen molar-refractivity contribution in [1.82, 2.24) is 10.6 Å². The van der Waals surface area contributed by atoms with Gasteiger partial charge in [0.15, 0.2) is 0 Å². The Hall–Kier alpha value is -3.80. The molecule has 0 saturated heterocycles. The largest absolute Gasteiger partial charge is 0.497 e. The molecular weight excluding hydrogens is 404 g/mol. The van der Waals surface area contributed by atoms with Crippen molar-refractivity contribution in [3.05, 3.63) is 94.6 Å². The van der Waals surface area contributed by atoms with Crippen LogP contribution >= 0.6 is 0 Å². The first-order valence-electron chi connectivity index (χ1n) is 10.5. The second kappa shape index (κ2) is 10.5. The molecule has 0 saturated carbocycles. The first-order valence-corrected chi connectivity index (χ1v) is 10.5. The summed E-state index contributed by atoms with van der Waals surface area (Å²) in [6, 6.07) is 16.0. The number of furan rings is 1. The molecule has 1 unspecified atom stereocenters. The molecule has 1 aromatic heterocycles. The Balaban J connectivity index is 1.83. The zero-order valence-electron chi connectivity index (χ0n) is 18.8. The highest BCUT2D eigenvalue weighted by Crippen LogP contribution is 2.21. The van der Waals surface area contributed by atoms with E-state index < -0.39 is 11.8 Å². The molecule has 6 heteroatoms. The third-order valence-corrected chi connectivity index (χ3v) is 5.32. The topological polar surface area (TPSA) is 80.6 Å². The molecule has 1 heterocycles. The maximum Gasteiger partial charge on any atom is 0.268 e. The molecular formula is C26H28N2O4. The van der Waals surface area contributed by atoms with E-state index in [1.54, 1.807) is 43.5 Å². The number of amides is 2. The molecule has 0 aliphatic heterocycles. The first kappa shape index (κ1) is 22.9. The Labute approximate surface area is 188 Å². The lowest BCUT2D eigenvalue weighted by atomic mass is 9.99. The van der Waals surface area contributed by atoms with E-state index in [0.717, 1.165) is 11.1 Å². The fourth-order valence-electron chi connectivity index (χ4n) is 3.25. The van der Waals surface area contributed by atoms with Gasteiger partial charge in [-0.05, 0) is 73.4 Å². The van der Waals surface area contributed by atoms with Gasteiger partial charge in [0, 0.05) is 11.6 Å². The number of nitrogens with one attached hydrogen (secondary N) is 2. The minimum Gasteiger partial charge on any atom is -0.497 e. The van der Waals surface area contributed by atoms with Crippen LogP contribution in [0.2, 0.25) is 0 Å². The van der Waals surface area contributed by atoms with Gasteiger partial charge in [-0.1, -0.05) is 25.1 Å². The van der Waals surface area contributed by atoms with Crippen molar-refractivity contribution in [2.45, 2.75) is 33.2 Å². The smallest absolute Gasteiger partial charge is 0.268 e. The summed E-state index contributed by atoms with van der Waals surface area (Å²) in [5.74, 6) is 0.308. The van der Waals surface area contributed by atoms with Gasteiger partial charge in [0.2, 0.25) is 0 Å². The quantitative estimate of drug-likeness (QED) is 0.494. The Kier molecular flexibility index (Phi) is 7.49. The number of benzene rings is 2. The Morgan fingerprint density at radius 3 is 2.41 bits per heavy atom. The maximum absolute atomic E-state index is 13.2. The van der Waals surface area contributed by atoms with Gasteiger partial charge in [-0.25, -0.2) is 0 Å². The van der Waals surface area contributed by atoms with Gasteiger partial charge in [-0.2, -0.15) is 0 Å². The van der Waals surface area contributed by atoms with Crippen LogP contribution in [0.5, 0.6) is 5.75 Å². The number of hydrogen-bond acceptors (Lipinski definition) is 4. The van der Waals surface area contributed by atoms with Crippen LogP contribution in [0.15, 0.2) is 71.0 Å². The predicted octanol–water partition coefficient (Wildman–Crippen LogP) is 4.94. The van der Waals surface area contributed by atoms with Crippen molar-refractivity contribution in [1.29, 1.82) is 0 Å². The molecule has 3 rings (SSSR count). The highest BCUT2D eigenvalue weighted by molar-refractivity contribution is 6.05. The van der Waals surface area contributed by atoms with E-state index in [2.05, 4.69) is 23.6 Å². The number of rotatable bonds is 8. The molecule has 0 spiro atoms. The average molecular weight is 433 g/mol. The zero-order chi connectivity index (χ0) is 23.1. The second-order valence-corrected chi connectivity index (χ2v) is 7.53. The van der Waals surface area contributed by atoms with Gasteiger partial charge < -0.3 is 19.8 Å². The SMILES string of the molecule is CCC(NC(=O)/C(=C/c1ccco1)NC(=O)c1ccc(OC)cc1)c1ccc(C)c(C)c1. The fraction of sp³-hybridized carbons (Fsp3) is 0.231. The fourth-order valence-corrected chi connectivity index (χ4v) is 3.25. The van der Waals surface area contributed by atoms with E-state index >= 15 is 0 Å². The molecule has 32 heavy (non-hydrogen) atoms. The molecule has 2 amide bonds. The van der Waals surface area contributed by atoms with Crippen LogP contribution in [-0.2, 0) is 4.79 Å². The first-order chi connectivity index (χ1) is 15.4. The minimum atomic E-state index is -0.403. The molecule has 0 aliphatic rings. The molecule has 0 radical (unpaired) electrons. The van der Waals surface area contributed by atoms with Crippen molar-refractivity contribution in [2.75, 3.05) is 7.11 Å². The summed E-state index contributed by atoms with van der Waals surface area (Å²) in [4.78, 5) is 26.0. The van der Waals surface area contributed by atoms with Crippen LogP contribution in [0.1, 0.15) is 52.2 Å². The van der Waals surface area contributed by atoms with Gasteiger partial charge in [0.1, 0.15) is 17.2 Å². The van der Waals surface area contributed by atoms with Gasteiger partial charge >= 0.3 is 0 Å². The van der Waals surface area contributed by atoms with Crippen LogP contribution < -0.4 is 15.4 Å². The van der Waals surface area contributed by atoms with Crippen molar-refractivity contribution in [2.24, 2.45) is 0 Å². The number of carbonyl (C=O) groups is 2. The van der Waals surface area contributed by atoms with Gasteiger partial charge in [-0.15, -0.1) is 0 Å². The summed E-state index contributed by atoms with van der Waals surface area (Å²) in [7, 11) is 1.56. The lowest BCUT2D eigenvalue weighted by Crippen LogP contribution is -2.36. The van der Waals surface area contributed by atoms with Crippen molar-refractivity contribution >= 4 is 17.9 Å². The lowest BCUT2D eigenvalue weighted by Gasteiger charge is -2.20. The van der Waals surface area contributed by atoms with Crippen molar-refractivity contribution in [3.63, 3.8) is 0 Å². The number of methoxy groups -OCH3 is 1. The highest BCUT2D eigenvalue weighted by Gasteiger charge is 2.19. The lowest BCUT2D eigenvalue weighted by molar-refractivity contribution is -0.118. The van der Waals surface area contributed by atoms with E-state index in [1.165, 1.54) is 17.9 Å². The van der Waals surface area contributed by atoms with Crippen LogP contribution in [0.3, 0.4) is 0 Å². The van der Waals surface area contributed by atoms with Crippen LogP contribution in [-0.4, -0.2) is 18.9 Å².